The molecular weight excluding hydrogens is 238 g/mol. The molecule has 2 heterocycles. The molecule has 1 atom stereocenters. The Kier molecular flexibility index (Phi) is 3.71. The van der Waals surface area contributed by atoms with Gasteiger partial charge in [-0.2, -0.15) is 0 Å². The van der Waals surface area contributed by atoms with Gasteiger partial charge in [-0.25, -0.2) is 0 Å². The molecule has 1 N–H and O–H groups in total. The minimum Gasteiger partial charge on any atom is -0.304 e. The fraction of sp³-hybridized carbons (Fsp3) is 0.364. The normalized spacial score (nSPS) is 12.6. The van der Waals surface area contributed by atoms with E-state index in [0.29, 0.717) is 5.02 Å². The first kappa shape index (κ1) is 12.0. The maximum atomic E-state index is 5.84. The van der Waals surface area contributed by atoms with E-state index in [0.717, 1.165) is 17.9 Å². The molecule has 0 fully saturated rings. The Morgan fingerprint density at radius 3 is 2.76 bits per heavy atom. The summed E-state index contributed by atoms with van der Waals surface area (Å²) >= 11 is 5.84. The van der Waals surface area contributed by atoms with Crippen LogP contribution < -0.4 is 5.32 Å². The topological polar surface area (TPSA) is 55.6 Å². The lowest BCUT2D eigenvalue weighted by molar-refractivity contribution is 0.558. The summed E-state index contributed by atoms with van der Waals surface area (Å²) in [7, 11) is 1.86. The van der Waals surface area contributed by atoms with Gasteiger partial charge in [0.05, 0.1) is 28.6 Å². The van der Waals surface area contributed by atoms with Gasteiger partial charge in [0.2, 0.25) is 0 Å². The van der Waals surface area contributed by atoms with Crippen molar-refractivity contribution in [2.75, 3.05) is 6.54 Å². The fourth-order valence-corrected chi connectivity index (χ4v) is 1.79. The number of pyridine rings is 1. The Labute approximate surface area is 105 Å². The van der Waals surface area contributed by atoms with Crippen LogP contribution in [0, 0.1) is 0 Å². The van der Waals surface area contributed by atoms with E-state index in [1.54, 1.807) is 17.1 Å². The summed E-state index contributed by atoms with van der Waals surface area (Å²) < 4.78 is 1.74. The van der Waals surface area contributed by atoms with Crippen LogP contribution in [-0.4, -0.2) is 26.5 Å². The highest BCUT2D eigenvalue weighted by molar-refractivity contribution is 6.30. The van der Waals surface area contributed by atoms with Crippen LogP contribution in [0.2, 0.25) is 5.02 Å². The molecule has 5 nitrogen and oxygen atoms in total. The molecule has 0 radical (unpaired) electrons. The van der Waals surface area contributed by atoms with E-state index in [-0.39, 0.29) is 6.04 Å². The zero-order valence-corrected chi connectivity index (χ0v) is 10.5. The highest BCUT2D eigenvalue weighted by atomic mass is 35.5. The van der Waals surface area contributed by atoms with Crippen molar-refractivity contribution in [3.63, 3.8) is 0 Å². The minimum absolute atomic E-state index is 0.0164. The summed E-state index contributed by atoms with van der Waals surface area (Å²) in [5, 5.41) is 11.8. The van der Waals surface area contributed by atoms with Gasteiger partial charge in [0.25, 0.3) is 0 Å². The SMILES string of the molecule is CCNC(c1ccc(Cl)cn1)c1cnnn1C. The predicted molar refractivity (Wildman–Crippen MR) is 65.8 cm³/mol. The standard InChI is InChI=1S/C11H14ClN5/c1-3-13-11(10-7-15-16-17(10)2)9-5-4-8(12)6-14-9/h4-7,11,13H,3H2,1-2H3. The summed E-state index contributed by atoms with van der Waals surface area (Å²) in [5.74, 6) is 0. The van der Waals surface area contributed by atoms with Gasteiger partial charge in [-0.3, -0.25) is 9.67 Å². The van der Waals surface area contributed by atoms with E-state index in [1.807, 2.05) is 26.1 Å². The summed E-state index contributed by atoms with van der Waals surface area (Å²) in [6, 6.07) is 3.72. The van der Waals surface area contributed by atoms with Crippen LogP contribution in [0.1, 0.15) is 24.4 Å². The third kappa shape index (κ3) is 2.62. The Hall–Kier alpha value is -1.46. The van der Waals surface area contributed by atoms with Gasteiger partial charge in [-0.05, 0) is 18.7 Å². The van der Waals surface area contributed by atoms with Crippen LogP contribution in [0.15, 0.2) is 24.5 Å². The zero-order valence-electron chi connectivity index (χ0n) is 9.76. The molecule has 0 aliphatic heterocycles. The van der Waals surface area contributed by atoms with E-state index in [2.05, 4.69) is 20.6 Å². The molecule has 0 aliphatic rings. The van der Waals surface area contributed by atoms with E-state index in [4.69, 9.17) is 11.6 Å². The number of rotatable bonds is 4. The maximum absolute atomic E-state index is 5.84. The molecule has 1 unspecified atom stereocenters. The molecule has 90 valence electrons. The third-order valence-electron chi connectivity index (χ3n) is 2.50. The highest BCUT2D eigenvalue weighted by Gasteiger charge is 2.18. The molecule has 0 bridgehead atoms. The van der Waals surface area contributed by atoms with Crippen LogP contribution in [0.5, 0.6) is 0 Å². The van der Waals surface area contributed by atoms with Crippen LogP contribution in [-0.2, 0) is 7.05 Å². The fourth-order valence-electron chi connectivity index (χ4n) is 1.68. The van der Waals surface area contributed by atoms with Crippen molar-refractivity contribution < 1.29 is 0 Å². The van der Waals surface area contributed by atoms with Crippen molar-refractivity contribution in [3.8, 4) is 0 Å². The van der Waals surface area contributed by atoms with Gasteiger partial charge in [-0.15, -0.1) is 5.10 Å². The van der Waals surface area contributed by atoms with Gasteiger partial charge in [-0.1, -0.05) is 23.7 Å². The quantitative estimate of drug-likeness (QED) is 0.896. The molecule has 0 saturated heterocycles. The first-order chi connectivity index (χ1) is 8.22. The second-order valence-corrected chi connectivity index (χ2v) is 4.11. The molecule has 6 heteroatoms. The van der Waals surface area contributed by atoms with Gasteiger partial charge in [0.1, 0.15) is 0 Å². The average Bonchev–Trinajstić information content (AvgIpc) is 2.74. The van der Waals surface area contributed by atoms with Gasteiger partial charge in [0, 0.05) is 13.2 Å². The second kappa shape index (κ2) is 5.25. The number of nitrogens with zero attached hydrogens (tertiary/aromatic N) is 4. The summed E-state index contributed by atoms with van der Waals surface area (Å²) in [4.78, 5) is 4.33. The van der Waals surface area contributed by atoms with Crippen molar-refractivity contribution in [2.24, 2.45) is 7.05 Å². The molecular formula is C11H14ClN5. The Bertz CT molecular complexity index is 479. The number of halogens is 1. The van der Waals surface area contributed by atoms with Crippen LogP contribution in [0.25, 0.3) is 0 Å². The summed E-state index contributed by atoms with van der Waals surface area (Å²) in [5.41, 5.74) is 1.88. The minimum atomic E-state index is -0.0164. The Morgan fingerprint density at radius 1 is 1.41 bits per heavy atom. The molecule has 2 aromatic rings. The van der Waals surface area contributed by atoms with Crippen molar-refractivity contribution in [2.45, 2.75) is 13.0 Å². The van der Waals surface area contributed by atoms with Gasteiger partial charge < -0.3 is 5.32 Å². The molecule has 0 spiro atoms. The molecule has 0 aliphatic carbocycles. The number of hydrogen-bond acceptors (Lipinski definition) is 4. The monoisotopic (exact) mass is 251 g/mol. The van der Waals surface area contributed by atoms with Gasteiger partial charge in [0.15, 0.2) is 0 Å². The number of aromatic nitrogens is 4. The summed E-state index contributed by atoms with van der Waals surface area (Å²) in [6.07, 6.45) is 3.38. The van der Waals surface area contributed by atoms with Crippen molar-refractivity contribution in [1.82, 2.24) is 25.3 Å². The molecule has 0 amide bonds. The largest absolute Gasteiger partial charge is 0.304 e. The number of hydrogen-bond donors (Lipinski definition) is 1. The zero-order chi connectivity index (χ0) is 12.3. The van der Waals surface area contributed by atoms with E-state index < -0.39 is 0 Å². The van der Waals surface area contributed by atoms with E-state index >= 15 is 0 Å². The highest BCUT2D eigenvalue weighted by Crippen LogP contribution is 2.19. The van der Waals surface area contributed by atoms with Crippen molar-refractivity contribution in [3.05, 3.63) is 40.9 Å². The number of nitrogens with one attached hydrogen (secondary N) is 1. The van der Waals surface area contributed by atoms with E-state index in [1.165, 1.54) is 0 Å². The lowest BCUT2D eigenvalue weighted by Crippen LogP contribution is -2.25. The molecule has 0 saturated carbocycles. The van der Waals surface area contributed by atoms with Crippen LogP contribution >= 0.6 is 11.6 Å². The Balaban J connectivity index is 2.35. The molecule has 2 rings (SSSR count). The van der Waals surface area contributed by atoms with Crippen molar-refractivity contribution >= 4 is 11.6 Å². The average molecular weight is 252 g/mol. The van der Waals surface area contributed by atoms with E-state index in [9.17, 15) is 0 Å². The molecule has 17 heavy (non-hydrogen) atoms. The smallest absolute Gasteiger partial charge is 0.0938 e. The number of aryl methyl sites for hydroxylation is 1. The predicted octanol–water partition coefficient (Wildman–Crippen LogP) is 1.56. The van der Waals surface area contributed by atoms with Crippen LogP contribution in [0.3, 0.4) is 0 Å². The Morgan fingerprint density at radius 2 is 2.24 bits per heavy atom. The third-order valence-corrected chi connectivity index (χ3v) is 2.72. The van der Waals surface area contributed by atoms with Crippen molar-refractivity contribution in [1.29, 1.82) is 0 Å². The molecule has 2 aromatic heterocycles. The van der Waals surface area contributed by atoms with Gasteiger partial charge >= 0.3 is 0 Å². The second-order valence-electron chi connectivity index (χ2n) is 3.67. The lowest BCUT2D eigenvalue weighted by Gasteiger charge is -2.16. The van der Waals surface area contributed by atoms with Crippen LogP contribution in [0.4, 0.5) is 0 Å². The first-order valence-corrected chi connectivity index (χ1v) is 5.79. The first-order valence-electron chi connectivity index (χ1n) is 5.41. The molecule has 0 aromatic carbocycles. The summed E-state index contributed by atoms with van der Waals surface area (Å²) in [6.45, 7) is 2.88. The lowest BCUT2D eigenvalue weighted by atomic mass is 10.1. The maximum Gasteiger partial charge on any atom is 0.0938 e.